The Labute approximate surface area is 104 Å². The predicted octanol–water partition coefficient (Wildman–Crippen LogP) is 2.35. The van der Waals surface area contributed by atoms with Gasteiger partial charge in [0.05, 0.1) is 24.8 Å². The zero-order valence-corrected chi connectivity index (χ0v) is 10.6. The third kappa shape index (κ3) is 3.16. The number of aliphatic hydroxyl groups is 1. The van der Waals surface area contributed by atoms with Gasteiger partial charge in [-0.1, -0.05) is 0 Å². The number of hydrogen-bond acceptors (Lipinski definition) is 3. The van der Waals surface area contributed by atoms with E-state index in [1.54, 1.807) is 19.2 Å². The van der Waals surface area contributed by atoms with Crippen molar-refractivity contribution in [2.45, 2.75) is 13.0 Å². The summed E-state index contributed by atoms with van der Waals surface area (Å²) in [5, 5.41) is 9.04. The van der Waals surface area contributed by atoms with E-state index in [4.69, 9.17) is 21.0 Å². The van der Waals surface area contributed by atoms with Gasteiger partial charge in [-0.25, -0.2) is 0 Å². The van der Waals surface area contributed by atoms with E-state index in [-0.39, 0.29) is 6.61 Å². The van der Waals surface area contributed by atoms with Crippen molar-refractivity contribution in [2.24, 2.45) is 0 Å². The maximum atomic E-state index is 9.04. The molecule has 86 valence electrons. The average Bonchev–Trinajstić information content (AvgIpc) is 2.30. The summed E-state index contributed by atoms with van der Waals surface area (Å²) in [5.74, 6) is 3.68. The second-order valence-corrected chi connectivity index (χ2v) is 3.92. The van der Waals surface area contributed by atoms with Gasteiger partial charge in [-0.2, -0.15) is 0 Å². The third-order valence-corrected chi connectivity index (χ3v) is 2.55. The summed E-state index contributed by atoms with van der Waals surface area (Å²) in [6, 6.07) is 3.52. The van der Waals surface area contributed by atoms with Gasteiger partial charge in [0.1, 0.15) is 0 Å². The quantitative estimate of drug-likeness (QED) is 0.666. The normalized spacial score (nSPS) is 9.62. The van der Waals surface area contributed by atoms with Gasteiger partial charge < -0.3 is 14.6 Å². The van der Waals surface area contributed by atoms with Crippen molar-refractivity contribution < 1.29 is 14.6 Å². The zero-order valence-electron chi connectivity index (χ0n) is 9.00. The molecule has 0 heterocycles. The minimum absolute atomic E-state index is 0.0421. The maximum Gasteiger partial charge on any atom is 0.175 e. The highest BCUT2D eigenvalue weighted by atomic mass is 79.9. The van der Waals surface area contributed by atoms with Gasteiger partial charge >= 0.3 is 0 Å². The predicted molar refractivity (Wildman–Crippen MR) is 65.6 cm³/mol. The van der Waals surface area contributed by atoms with Crippen molar-refractivity contribution >= 4 is 15.9 Å². The van der Waals surface area contributed by atoms with Crippen LogP contribution in [0.2, 0.25) is 0 Å². The van der Waals surface area contributed by atoms with Gasteiger partial charge in [-0.3, -0.25) is 0 Å². The summed E-state index contributed by atoms with van der Waals surface area (Å²) in [7, 11) is 1.55. The van der Waals surface area contributed by atoms with E-state index in [0.717, 1.165) is 10.0 Å². The van der Waals surface area contributed by atoms with E-state index in [1.165, 1.54) is 0 Å². The fourth-order valence-electron chi connectivity index (χ4n) is 1.22. The first-order chi connectivity index (χ1) is 7.72. The highest BCUT2D eigenvalue weighted by molar-refractivity contribution is 9.10. The van der Waals surface area contributed by atoms with Crippen LogP contribution in [0, 0.1) is 12.3 Å². The third-order valence-electron chi connectivity index (χ3n) is 1.96. The molecule has 0 bridgehead atoms. The summed E-state index contributed by atoms with van der Waals surface area (Å²) in [6.45, 7) is 0.392. The molecule has 0 aliphatic heterocycles. The molecule has 0 aliphatic rings. The van der Waals surface area contributed by atoms with Crippen molar-refractivity contribution in [3.8, 4) is 23.8 Å². The van der Waals surface area contributed by atoms with Gasteiger partial charge in [0.25, 0.3) is 0 Å². The van der Waals surface area contributed by atoms with Crippen LogP contribution < -0.4 is 9.47 Å². The number of aliphatic hydroxyl groups excluding tert-OH is 1. The second-order valence-electron chi connectivity index (χ2n) is 3.07. The molecule has 1 rings (SSSR count). The Balaban J connectivity index is 2.93. The molecule has 16 heavy (non-hydrogen) atoms. The monoisotopic (exact) mass is 284 g/mol. The van der Waals surface area contributed by atoms with Gasteiger partial charge in [0.2, 0.25) is 0 Å². The molecular weight excluding hydrogens is 272 g/mol. The summed E-state index contributed by atoms with van der Waals surface area (Å²) in [6.07, 6.45) is 5.68. The Bertz CT molecular complexity index is 396. The lowest BCUT2D eigenvalue weighted by Gasteiger charge is -2.13. The van der Waals surface area contributed by atoms with Crippen LogP contribution in [-0.2, 0) is 6.61 Å². The largest absolute Gasteiger partial charge is 0.493 e. The minimum atomic E-state index is -0.0421. The first-order valence-electron chi connectivity index (χ1n) is 4.76. The van der Waals surface area contributed by atoms with Crippen LogP contribution in [-0.4, -0.2) is 18.8 Å². The fraction of sp³-hybridized carbons (Fsp3) is 0.333. The number of rotatable bonds is 5. The molecule has 1 N–H and O–H groups in total. The lowest BCUT2D eigenvalue weighted by molar-refractivity contribution is 0.277. The summed E-state index contributed by atoms with van der Waals surface area (Å²) in [5.41, 5.74) is 0.757. The van der Waals surface area contributed by atoms with E-state index in [0.29, 0.717) is 24.5 Å². The number of methoxy groups -OCH3 is 1. The highest BCUT2D eigenvalue weighted by Gasteiger charge is 2.10. The smallest absolute Gasteiger partial charge is 0.175 e. The average molecular weight is 285 g/mol. The Kier molecular flexibility index (Phi) is 5.17. The molecule has 0 unspecified atom stereocenters. The molecule has 3 nitrogen and oxygen atoms in total. The fourth-order valence-corrected chi connectivity index (χ4v) is 1.82. The van der Waals surface area contributed by atoms with E-state index in [9.17, 15) is 0 Å². The van der Waals surface area contributed by atoms with Crippen LogP contribution in [0.15, 0.2) is 16.6 Å². The molecule has 1 aromatic rings. The van der Waals surface area contributed by atoms with Crippen LogP contribution in [0.3, 0.4) is 0 Å². The Morgan fingerprint density at radius 1 is 1.50 bits per heavy atom. The van der Waals surface area contributed by atoms with Crippen molar-refractivity contribution in [1.82, 2.24) is 0 Å². The van der Waals surface area contributed by atoms with Crippen molar-refractivity contribution in [3.63, 3.8) is 0 Å². The maximum absolute atomic E-state index is 9.04. The van der Waals surface area contributed by atoms with Crippen LogP contribution in [0.5, 0.6) is 11.5 Å². The Morgan fingerprint density at radius 3 is 2.81 bits per heavy atom. The minimum Gasteiger partial charge on any atom is -0.493 e. The van der Waals surface area contributed by atoms with Crippen LogP contribution in [0.25, 0.3) is 0 Å². The molecule has 0 fully saturated rings. The molecule has 0 amide bonds. The van der Waals surface area contributed by atoms with Gasteiger partial charge in [0.15, 0.2) is 11.5 Å². The topological polar surface area (TPSA) is 38.7 Å². The van der Waals surface area contributed by atoms with E-state index in [2.05, 4.69) is 21.9 Å². The van der Waals surface area contributed by atoms with Gasteiger partial charge in [-0.05, 0) is 33.6 Å². The number of halogens is 1. The van der Waals surface area contributed by atoms with Crippen LogP contribution in [0.1, 0.15) is 12.0 Å². The van der Waals surface area contributed by atoms with E-state index < -0.39 is 0 Å². The van der Waals surface area contributed by atoms with Crippen molar-refractivity contribution in [1.29, 1.82) is 0 Å². The molecule has 4 heteroatoms. The SMILES string of the molecule is C#CCCOc1c(Br)cc(CO)cc1OC. The van der Waals surface area contributed by atoms with Gasteiger partial charge in [-0.15, -0.1) is 12.3 Å². The summed E-state index contributed by atoms with van der Waals surface area (Å²) >= 11 is 3.36. The van der Waals surface area contributed by atoms with Crippen molar-refractivity contribution in [3.05, 3.63) is 22.2 Å². The number of hydrogen-bond donors (Lipinski definition) is 1. The number of ether oxygens (including phenoxy) is 2. The molecule has 0 saturated heterocycles. The summed E-state index contributed by atoms with van der Waals surface area (Å²) < 4.78 is 11.4. The lowest BCUT2D eigenvalue weighted by Crippen LogP contribution is -2.00. The standard InChI is InChI=1S/C12H13BrO3/c1-3-4-5-16-12-10(13)6-9(8-14)7-11(12)15-2/h1,6-7,14H,4-5,8H2,2H3. The molecule has 0 radical (unpaired) electrons. The lowest BCUT2D eigenvalue weighted by atomic mass is 10.2. The van der Waals surface area contributed by atoms with Crippen molar-refractivity contribution in [2.75, 3.05) is 13.7 Å². The molecule has 0 aliphatic carbocycles. The summed E-state index contributed by atoms with van der Waals surface area (Å²) in [4.78, 5) is 0. The first-order valence-corrected chi connectivity index (χ1v) is 5.55. The second kappa shape index (κ2) is 6.41. The van der Waals surface area contributed by atoms with E-state index in [1.807, 2.05) is 0 Å². The van der Waals surface area contributed by atoms with Crippen LogP contribution >= 0.6 is 15.9 Å². The highest BCUT2D eigenvalue weighted by Crippen LogP contribution is 2.36. The Morgan fingerprint density at radius 2 is 2.25 bits per heavy atom. The molecule has 0 spiro atoms. The first kappa shape index (κ1) is 12.9. The molecule has 0 aromatic heterocycles. The molecular formula is C12H13BrO3. The van der Waals surface area contributed by atoms with E-state index >= 15 is 0 Å². The Hall–Kier alpha value is -1.18. The van der Waals surface area contributed by atoms with Gasteiger partial charge in [0, 0.05) is 6.42 Å². The number of benzene rings is 1. The molecule has 0 saturated carbocycles. The van der Waals surface area contributed by atoms with Crippen LogP contribution in [0.4, 0.5) is 0 Å². The zero-order chi connectivity index (χ0) is 12.0. The molecule has 1 aromatic carbocycles. The molecule has 0 atom stereocenters. The number of terminal acetylenes is 1.